The molecule has 0 radical (unpaired) electrons. The van der Waals surface area contributed by atoms with Crippen LogP contribution in [0.4, 0.5) is 0 Å². The zero-order valence-electron chi connectivity index (χ0n) is 13.9. The van der Waals surface area contributed by atoms with E-state index < -0.39 is 16.1 Å². The number of rotatable bonds is 6. The highest BCUT2D eigenvalue weighted by atomic mass is 32.2. The number of benzene rings is 1. The second-order valence-electron chi connectivity index (χ2n) is 6.83. The number of nitrogens with one attached hydrogen (secondary N) is 1. The maximum Gasteiger partial charge on any atom is 0.243 e. The summed E-state index contributed by atoms with van der Waals surface area (Å²) in [5.74, 6) is 0.264. The van der Waals surface area contributed by atoms with Crippen molar-refractivity contribution >= 4 is 15.9 Å². The number of carbonyl (C=O) groups is 1. The van der Waals surface area contributed by atoms with Gasteiger partial charge in [-0.3, -0.25) is 4.79 Å². The minimum atomic E-state index is -3.65. The molecule has 132 valence electrons. The third-order valence-electron chi connectivity index (χ3n) is 4.87. The Balaban J connectivity index is 1.69. The summed E-state index contributed by atoms with van der Waals surface area (Å²) in [5, 5.41) is 2.84. The summed E-state index contributed by atoms with van der Waals surface area (Å²) in [5.41, 5.74) is 7.00. The number of amides is 1. The molecule has 0 aromatic heterocycles. The van der Waals surface area contributed by atoms with E-state index in [1.54, 1.807) is 24.3 Å². The first-order valence-electron chi connectivity index (χ1n) is 8.51. The predicted molar refractivity (Wildman–Crippen MR) is 91.8 cm³/mol. The molecule has 1 aliphatic carbocycles. The van der Waals surface area contributed by atoms with Gasteiger partial charge in [0.15, 0.2) is 0 Å². The standard InChI is InChI=1S/C17H25N3O3S/c1-12-4-8-14(9-5-12)24(22,23)20-10-2-3-16(20)17(21)19-11-15(18)13-6-7-13/h4-5,8-9,13,15-16H,2-3,6-7,10-11,18H2,1H3,(H,19,21). The predicted octanol–water partition coefficient (Wildman–Crippen LogP) is 1.00. The van der Waals surface area contributed by atoms with Crippen LogP contribution in [0.2, 0.25) is 0 Å². The van der Waals surface area contributed by atoms with Gasteiger partial charge in [0.1, 0.15) is 6.04 Å². The molecule has 6 nitrogen and oxygen atoms in total. The molecule has 2 atom stereocenters. The number of aryl methyl sites for hydroxylation is 1. The molecule has 2 unspecified atom stereocenters. The average molecular weight is 351 g/mol. The monoisotopic (exact) mass is 351 g/mol. The van der Waals surface area contributed by atoms with Gasteiger partial charge < -0.3 is 11.1 Å². The van der Waals surface area contributed by atoms with Gasteiger partial charge in [-0.2, -0.15) is 4.31 Å². The van der Waals surface area contributed by atoms with Crippen molar-refractivity contribution < 1.29 is 13.2 Å². The number of sulfonamides is 1. The van der Waals surface area contributed by atoms with Crippen molar-refractivity contribution in [1.29, 1.82) is 0 Å². The molecule has 1 heterocycles. The van der Waals surface area contributed by atoms with Crippen LogP contribution in [0, 0.1) is 12.8 Å². The van der Waals surface area contributed by atoms with Crippen molar-refractivity contribution in [1.82, 2.24) is 9.62 Å². The van der Waals surface area contributed by atoms with Gasteiger partial charge in [0.2, 0.25) is 15.9 Å². The number of hydrogen-bond acceptors (Lipinski definition) is 4. The molecule has 3 rings (SSSR count). The second kappa shape index (κ2) is 6.82. The van der Waals surface area contributed by atoms with Crippen LogP contribution in [0.1, 0.15) is 31.2 Å². The van der Waals surface area contributed by atoms with Gasteiger partial charge in [-0.1, -0.05) is 17.7 Å². The van der Waals surface area contributed by atoms with E-state index in [1.165, 1.54) is 4.31 Å². The number of hydrogen-bond donors (Lipinski definition) is 2. The van der Waals surface area contributed by atoms with Gasteiger partial charge in [0.25, 0.3) is 0 Å². The van der Waals surface area contributed by atoms with Gasteiger partial charge in [0.05, 0.1) is 4.90 Å². The molecule has 3 N–H and O–H groups in total. The summed E-state index contributed by atoms with van der Waals surface area (Å²) in [6.45, 7) is 2.70. The normalized spacial score (nSPS) is 23.2. The summed E-state index contributed by atoms with van der Waals surface area (Å²) in [6.07, 6.45) is 3.48. The van der Waals surface area contributed by atoms with E-state index in [2.05, 4.69) is 5.32 Å². The van der Waals surface area contributed by atoms with E-state index in [0.717, 1.165) is 18.4 Å². The molecule has 7 heteroatoms. The summed E-state index contributed by atoms with van der Waals surface area (Å²) in [7, 11) is -3.65. The maximum absolute atomic E-state index is 12.8. The van der Waals surface area contributed by atoms with Crippen molar-refractivity contribution in [2.75, 3.05) is 13.1 Å². The fourth-order valence-corrected chi connectivity index (χ4v) is 4.82. The van der Waals surface area contributed by atoms with E-state index in [0.29, 0.717) is 31.8 Å². The Bertz CT molecular complexity index is 698. The molecule has 1 saturated heterocycles. The molecule has 0 bridgehead atoms. The zero-order valence-corrected chi connectivity index (χ0v) is 14.8. The molecule has 2 aliphatic rings. The molecule has 1 amide bonds. The van der Waals surface area contributed by atoms with Crippen LogP contribution in [0.25, 0.3) is 0 Å². The Morgan fingerprint density at radius 2 is 1.96 bits per heavy atom. The molecule has 1 aliphatic heterocycles. The maximum atomic E-state index is 12.8. The first-order chi connectivity index (χ1) is 11.4. The van der Waals surface area contributed by atoms with Crippen LogP contribution >= 0.6 is 0 Å². The van der Waals surface area contributed by atoms with Crippen LogP contribution < -0.4 is 11.1 Å². The lowest BCUT2D eigenvalue weighted by Gasteiger charge is -2.24. The number of carbonyl (C=O) groups excluding carboxylic acids is 1. The molecular formula is C17H25N3O3S. The van der Waals surface area contributed by atoms with E-state index >= 15 is 0 Å². The Morgan fingerprint density at radius 1 is 1.29 bits per heavy atom. The van der Waals surface area contributed by atoms with Gasteiger partial charge >= 0.3 is 0 Å². The first-order valence-corrected chi connectivity index (χ1v) is 9.95. The third kappa shape index (κ3) is 3.63. The van der Waals surface area contributed by atoms with E-state index in [9.17, 15) is 13.2 Å². The van der Waals surface area contributed by atoms with Gasteiger partial charge in [-0.15, -0.1) is 0 Å². The molecule has 1 aromatic rings. The minimum Gasteiger partial charge on any atom is -0.353 e. The molecule has 1 aromatic carbocycles. The first kappa shape index (κ1) is 17.4. The third-order valence-corrected chi connectivity index (χ3v) is 6.80. The Kier molecular flexibility index (Phi) is 4.94. The van der Waals surface area contributed by atoms with Crippen LogP contribution in [-0.4, -0.2) is 43.8 Å². The summed E-state index contributed by atoms with van der Waals surface area (Å²) in [4.78, 5) is 12.7. The Labute approximate surface area is 143 Å². The quantitative estimate of drug-likeness (QED) is 0.800. The van der Waals surface area contributed by atoms with Crippen LogP contribution in [0.5, 0.6) is 0 Å². The molecule has 0 spiro atoms. The van der Waals surface area contributed by atoms with E-state index in [1.807, 2.05) is 6.92 Å². The topological polar surface area (TPSA) is 92.5 Å². The van der Waals surface area contributed by atoms with Crippen molar-refractivity contribution in [2.24, 2.45) is 11.7 Å². The fraction of sp³-hybridized carbons (Fsp3) is 0.588. The van der Waals surface area contributed by atoms with Crippen molar-refractivity contribution in [3.05, 3.63) is 29.8 Å². The van der Waals surface area contributed by atoms with Crippen molar-refractivity contribution in [2.45, 2.75) is 49.6 Å². The van der Waals surface area contributed by atoms with E-state index in [-0.39, 0.29) is 16.8 Å². The summed E-state index contributed by atoms with van der Waals surface area (Å²) in [6, 6.07) is 6.07. The summed E-state index contributed by atoms with van der Waals surface area (Å²) < 4.78 is 27.0. The van der Waals surface area contributed by atoms with Gasteiger partial charge in [0, 0.05) is 19.1 Å². The van der Waals surface area contributed by atoms with Crippen LogP contribution in [0.15, 0.2) is 29.2 Å². The van der Waals surface area contributed by atoms with Crippen LogP contribution in [-0.2, 0) is 14.8 Å². The fourth-order valence-electron chi connectivity index (χ4n) is 3.16. The van der Waals surface area contributed by atoms with Gasteiger partial charge in [-0.25, -0.2) is 8.42 Å². The van der Waals surface area contributed by atoms with Crippen LogP contribution in [0.3, 0.4) is 0 Å². The highest BCUT2D eigenvalue weighted by Crippen LogP contribution is 2.31. The number of nitrogens with two attached hydrogens (primary N) is 1. The van der Waals surface area contributed by atoms with Crippen molar-refractivity contribution in [3.8, 4) is 0 Å². The smallest absolute Gasteiger partial charge is 0.243 e. The van der Waals surface area contributed by atoms with Gasteiger partial charge in [-0.05, 0) is 50.7 Å². The Morgan fingerprint density at radius 3 is 2.58 bits per heavy atom. The molecule has 2 fully saturated rings. The lowest BCUT2D eigenvalue weighted by molar-refractivity contribution is -0.124. The SMILES string of the molecule is Cc1ccc(S(=O)(=O)N2CCCC2C(=O)NCC(N)C2CC2)cc1. The lowest BCUT2D eigenvalue weighted by atomic mass is 10.2. The lowest BCUT2D eigenvalue weighted by Crippen LogP contribution is -2.48. The van der Waals surface area contributed by atoms with Crippen molar-refractivity contribution in [3.63, 3.8) is 0 Å². The second-order valence-corrected chi connectivity index (χ2v) is 8.72. The average Bonchev–Trinajstić information content (AvgIpc) is 3.28. The largest absolute Gasteiger partial charge is 0.353 e. The zero-order chi connectivity index (χ0) is 17.3. The summed E-state index contributed by atoms with van der Waals surface area (Å²) >= 11 is 0. The molecule has 24 heavy (non-hydrogen) atoms. The Hall–Kier alpha value is -1.44. The highest BCUT2D eigenvalue weighted by molar-refractivity contribution is 7.89. The molecule has 1 saturated carbocycles. The van der Waals surface area contributed by atoms with E-state index in [4.69, 9.17) is 5.73 Å². The number of nitrogens with zero attached hydrogens (tertiary/aromatic N) is 1. The minimum absolute atomic E-state index is 0.0301. The highest BCUT2D eigenvalue weighted by Gasteiger charge is 2.39. The molecular weight excluding hydrogens is 326 g/mol.